The normalized spacial score (nSPS) is 20.3. The molecule has 2 atom stereocenters. The van der Waals surface area contributed by atoms with Gasteiger partial charge < -0.3 is 16.0 Å². The Morgan fingerprint density at radius 3 is 2.67 bits per heavy atom. The molecule has 1 aliphatic heterocycles. The van der Waals surface area contributed by atoms with E-state index in [-0.39, 0.29) is 36.4 Å². The number of nitrogens with one attached hydrogen (secondary N) is 3. The monoisotopic (exact) mass is 487 g/mol. The van der Waals surface area contributed by atoms with Crippen molar-refractivity contribution < 1.29 is 4.79 Å². The molecular weight excluding hydrogens is 453 g/mol. The molecule has 0 aromatic heterocycles. The number of anilines is 1. The van der Waals surface area contributed by atoms with Gasteiger partial charge in [0, 0.05) is 37.9 Å². The molecule has 1 aliphatic rings. The van der Waals surface area contributed by atoms with Crippen LogP contribution < -0.4 is 16.0 Å². The Hall–Kier alpha value is -1.35. The van der Waals surface area contributed by atoms with Gasteiger partial charge in [0.1, 0.15) is 0 Å². The Bertz CT molecular complexity index is 635. The van der Waals surface area contributed by atoms with Crippen molar-refractivity contribution in [3.63, 3.8) is 0 Å². The number of likely N-dealkylation sites (tertiary alicyclic amines) is 1. The number of amides is 1. The third kappa shape index (κ3) is 7.29. The van der Waals surface area contributed by atoms with Crippen molar-refractivity contribution in [1.82, 2.24) is 15.5 Å². The summed E-state index contributed by atoms with van der Waals surface area (Å²) in [4.78, 5) is 18.9. The van der Waals surface area contributed by atoms with Crippen LogP contribution in [0.25, 0.3) is 0 Å². The summed E-state index contributed by atoms with van der Waals surface area (Å²) in [6, 6.07) is 8.82. The van der Waals surface area contributed by atoms with E-state index in [1.54, 1.807) is 7.05 Å². The minimum atomic E-state index is -0.0792. The molecule has 1 fully saturated rings. The lowest BCUT2D eigenvalue weighted by Gasteiger charge is -2.21. The molecule has 0 spiro atoms. The highest BCUT2D eigenvalue weighted by molar-refractivity contribution is 14.0. The first-order valence-electron chi connectivity index (χ1n) is 9.53. The largest absolute Gasteiger partial charge is 0.352 e. The predicted molar refractivity (Wildman–Crippen MR) is 124 cm³/mol. The van der Waals surface area contributed by atoms with Gasteiger partial charge >= 0.3 is 0 Å². The zero-order valence-electron chi connectivity index (χ0n) is 17.1. The molecule has 152 valence electrons. The average Bonchev–Trinajstić information content (AvgIpc) is 2.99. The van der Waals surface area contributed by atoms with Crippen LogP contribution in [0.4, 0.5) is 5.69 Å². The predicted octanol–water partition coefficient (Wildman–Crippen LogP) is 2.70. The highest BCUT2D eigenvalue weighted by Gasteiger charge is 2.31. The Labute approximate surface area is 180 Å². The molecule has 3 N–H and O–H groups in total. The Balaban J connectivity index is 0.00000364. The summed E-state index contributed by atoms with van der Waals surface area (Å²) in [7, 11) is 1.73. The summed E-state index contributed by atoms with van der Waals surface area (Å²) in [5.41, 5.74) is 2.04. The molecule has 6 nitrogen and oxygen atoms in total. The molecule has 1 aromatic rings. The minimum absolute atomic E-state index is 0. The second kappa shape index (κ2) is 11.5. The van der Waals surface area contributed by atoms with Gasteiger partial charge in [-0.1, -0.05) is 26.0 Å². The number of carbonyl (C=O) groups is 1. The fraction of sp³-hybridized carbons (Fsp3) is 0.600. The molecule has 7 heteroatoms. The van der Waals surface area contributed by atoms with Gasteiger partial charge in [-0.2, -0.15) is 0 Å². The van der Waals surface area contributed by atoms with E-state index >= 15 is 0 Å². The zero-order valence-corrected chi connectivity index (χ0v) is 19.4. The van der Waals surface area contributed by atoms with Crippen LogP contribution in [0, 0.1) is 5.92 Å². The van der Waals surface area contributed by atoms with Gasteiger partial charge in [0.05, 0.1) is 6.54 Å². The highest BCUT2D eigenvalue weighted by Crippen LogP contribution is 2.18. The third-order valence-corrected chi connectivity index (χ3v) is 4.95. The van der Waals surface area contributed by atoms with E-state index in [0.717, 1.165) is 25.2 Å². The molecule has 1 amide bonds. The summed E-state index contributed by atoms with van der Waals surface area (Å²) >= 11 is 0. The molecular formula is C20H34IN5O. The Morgan fingerprint density at radius 1 is 1.33 bits per heavy atom. The van der Waals surface area contributed by atoms with Crippen molar-refractivity contribution in [3.8, 4) is 0 Å². The standard InChI is InChI=1S/C20H33N5O.HI/c1-6-16-8-7-9-17(10-16)23-19(26)11-22-20(21-5)24-18-13-25(14(2)3)12-15(18)4;/h7-10,14-15,18H,6,11-13H2,1-5H3,(H,23,26)(H2,21,22,24);1H. The average molecular weight is 487 g/mol. The molecule has 1 aromatic carbocycles. The summed E-state index contributed by atoms with van der Waals surface area (Å²) in [5, 5.41) is 9.50. The SMILES string of the molecule is CCc1cccc(NC(=O)CNC(=NC)NC2CN(C(C)C)CC2C)c1.I. The van der Waals surface area contributed by atoms with Gasteiger partial charge in [-0.25, -0.2) is 0 Å². The number of hydrogen-bond acceptors (Lipinski definition) is 3. The minimum Gasteiger partial charge on any atom is -0.352 e. The van der Waals surface area contributed by atoms with Crippen molar-refractivity contribution >= 4 is 41.5 Å². The first-order chi connectivity index (χ1) is 12.4. The second-order valence-electron chi connectivity index (χ2n) is 7.30. The highest BCUT2D eigenvalue weighted by atomic mass is 127. The van der Waals surface area contributed by atoms with E-state index in [1.165, 1.54) is 5.56 Å². The van der Waals surface area contributed by atoms with E-state index in [9.17, 15) is 4.79 Å². The van der Waals surface area contributed by atoms with E-state index in [4.69, 9.17) is 0 Å². The van der Waals surface area contributed by atoms with Crippen molar-refractivity contribution in [2.24, 2.45) is 10.9 Å². The van der Waals surface area contributed by atoms with Gasteiger partial charge in [0.25, 0.3) is 0 Å². The number of halogens is 1. The number of guanidine groups is 1. The van der Waals surface area contributed by atoms with E-state index in [1.807, 2.05) is 18.2 Å². The summed E-state index contributed by atoms with van der Waals surface area (Å²) in [5.74, 6) is 1.14. The maximum absolute atomic E-state index is 12.2. The van der Waals surface area contributed by atoms with Gasteiger partial charge in [-0.05, 0) is 43.9 Å². The number of carbonyl (C=O) groups excluding carboxylic acids is 1. The Morgan fingerprint density at radius 2 is 2.07 bits per heavy atom. The maximum Gasteiger partial charge on any atom is 0.243 e. The van der Waals surface area contributed by atoms with Gasteiger partial charge in [0.15, 0.2) is 5.96 Å². The molecule has 0 saturated carbocycles. The van der Waals surface area contributed by atoms with Crippen LogP contribution in [0.1, 0.15) is 33.3 Å². The lowest BCUT2D eigenvalue weighted by Crippen LogP contribution is -2.48. The molecule has 0 aliphatic carbocycles. The zero-order chi connectivity index (χ0) is 19.1. The number of benzene rings is 1. The van der Waals surface area contributed by atoms with Crippen LogP contribution in [0.3, 0.4) is 0 Å². The number of aliphatic imine (C=N–C) groups is 1. The number of nitrogens with zero attached hydrogens (tertiary/aromatic N) is 2. The van der Waals surface area contributed by atoms with Gasteiger partial charge in [-0.15, -0.1) is 24.0 Å². The summed E-state index contributed by atoms with van der Waals surface area (Å²) in [6.45, 7) is 11.1. The van der Waals surface area contributed by atoms with Crippen LogP contribution in [-0.2, 0) is 11.2 Å². The summed E-state index contributed by atoms with van der Waals surface area (Å²) in [6.07, 6.45) is 0.950. The molecule has 1 saturated heterocycles. The maximum atomic E-state index is 12.2. The molecule has 2 unspecified atom stereocenters. The van der Waals surface area contributed by atoms with Crippen molar-refractivity contribution in [3.05, 3.63) is 29.8 Å². The fourth-order valence-electron chi connectivity index (χ4n) is 3.22. The van der Waals surface area contributed by atoms with Crippen molar-refractivity contribution in [2.75, 3.05) is 32.0 Å². The quantitative estimate of drug-likeness (QED) is 0.328. The van der Waals surface area contributed by atoms with Gasteiger partial charge in [0.2, 0.25) is 5.91 Å². The van der Waals surface area contributed by atoms with Crippen LogP contribution >= 0.6 is 24.0 Å². The second-order valence-corrected chi connectivity index (χ2v) is 7.30. The molecule has 0 radical (unpaired) electrons. The first-order valence-corrected chi connectivity index (χ1v) is 9.53. The van der Waals surface area contributed by atoms with Crippen LogP contribution in [0.15, 0.2) is 29.3 Å². The van der Waals surface area contributed by atoms with Gasteiger partial charge in [-0.3, -0.25) is 14.7 Å². The first kappa shape index (κ1) is 23.7. The number of aryl methyl sites for hydroxylation is 1. The molecule has 1 heterocycles. The lowest BCUT2D eigenvalue weighted by molar-refractivity contribution is -0.115. The molecule has 0 bridgehead atoms. The van der Waals surface area contributed by atoms with E-state index in [0.29, 0.717) is 24.0 Å². The molecule has 2 rings (SSSR count). The van der Waals surface area contributed by atoms with Crippen LogP contribution in [0.5, 0.6) is 0 Å². The van der Waals surface area contributed by atoms with Crippen molar-refractivity contribution in [1.29, 1.82) is 0 Å². The summed E-state index contributed by atoms with van der Waals surface area (Å²) < 4.78 is 0. The van der Waals surface area contributed by atoms with E-state index < -0.39 is 0 Å². The fourth-order valence-corrected chi connectivity index (χ4v) is 3.22. The third-order valence-electron chi connectivity index (χ3n) is 4.95. The number of rotatable bonds is 6. The van der Waals surface area contributed by atoms with Crippen LogP contribution in [-0.4, -0.2) is 55.5 Å². The smallest absolute Gasteiger partial charge is 0.243 e. The lowest BCUT2D eigenvalue weighted by atomic mass is 10.1. The topological polar surface area (TPSA) is 68.8 Å². The number of hydrogen-bond donors (Lipinski definition) is 3. The molecule has 27 heavy (non-hydrogen) atoms. The Kier molecular flexibility index (Phi) is 10.1. The van der Waals surface area contributed by atoms with E-state index in [2.05, 4.69) is 59.6 Å². The van der Waals surface area contributed by atoms with Crippen molar-refractivity contribution in [2.45, 2.75) is 46.2 Å². The van der Waals surface area contributed by atoms with Crippen LogP contribution in [0.2, 0.25) is 0 Å².